The molecule has 0 bridgehead atoms. The van der Waals surface area contributed by atoms with Crippen molar-refractivity contribution in [3.63, 3.8) is 0 Å². The van der Waals surface area contributed by atoms with Crippen LogP contribution in [0.5, 0.6) is 0 Å². The van der Waals surface area contributed by atoms with Crippen molar-refractivity contribution < 1.29 is 4.79 Å². The molecule has 122 valence electrons. The van der Waals surface area contributed by atoms with Crippen LogP contribution in [0.15, 0.2) is 36.7 Å². The van der Waals surface area contributed by atoms with E-state index in [1.807, 2.05) is 29.0 Å². The monoisotopic (exact) mass is 312 g/mol. The first kappa shape index (κ1) is 15.7. The fraction of sp³-hybridized carbons (Fsp3) is 0.444. The molecule has 1 fully saturated rings. The molecule has 0 radical (unpaired) electrons. The SMILES string of the molecule is Cc1ccc(CN2CCN(Cc3cnn(C)c3)CCC2=O)cc1. The van der Waals surface area contributed by atoms with Crippen LogP contribution in [-0.2, 0) is 24.9 Å². The van der Waals surface area contributed by atoms with Crippen molar-refractivity contribution in [2.24, 2.45) is 7.05 Å². The summed E-state index contributed by atoms with van der Waals surface area (Å²) in [5, 5.41) is 4.21. The molecule has 23 heavy (non-hydrogen) atoms. The van der Waals surface area contributed by atoms with E-state index in [1.165, 1.54) is 16.7 Å². The third-order valence-electron chi connectivity index (χ3n) is 4.34. The van der Waals surface area contributed by atoms with E-state index in [4.69, 9.17) is 0 Å². The second kappa shape index (κ2) is 6.96. The van der Waals surface area contributed by atoms with Gasteiger partial charge < -0.3 is 4.90 Å². The molecule has 2 aromatic rings. The van der Waals surface area contributed by atoms with Crippen LogP contribution >= 0.6 is 0 Å². The van der Waals surface area contributed by atoms with Crippen LogP contribution in [0.2, 0.25) is 0 Å². The van der Waals surface area contributed by atoms with E-state index in [-0.39, 0.29) is 5.91 Å². The molecular formula is C18H24N4O. The number of nitrogens with zero attached hydrogens (tertiary/aromatic N) is 4. The Morgan fingerprint density at radius 3 is 2.52 bits per heavy atom. The molecule has 0 unspecified atom stereocenters. The third kappa shape index (κ3) is 4.20. The van der Waals surface area contributed by atoms with Gasteiger partial charge in [-0.1, -0.05) is 29.8 Å². The zero-order chi connectivity index (χ0) is 16.2. The number of benzene rings is 1. The number of carbonyl (C=O) groups excluding carboxylic acids is 1. The Kier molecular flexibility index (Phi) is 4.76. The molecule has 0 spiro atoms. The number of rotatable bonds is 4. The molecule has 1 aromatic heterocycles. The molecule has 5 heteroatoms. The first-order chi connectivity index (χ1) is 11.1. The zero-order valence-corrected chi connectivity index (χ0v) is 13.9. The summed E-state index contributed by atoms with van der Waals surface area (Å²) in [7, 11) is 1.93. The van der Waals surface area contributed by atoms with Crippen molar-refractivity contribution in [2.75, 3.05) is 19.6 Å². The van der Waals surface area contributed by atoms with Gasteiger partial charge in [0.15, 0.2) is 0 Å². The molecule has 1 amide bonds. The lowest BCUT2D eigenvalue weighted by molar-refractivity contribution is -0.130. The molecule has 1 aliphatic heterocycles. The predicted octanol–water partition coefficient (Wildman–Crippen LogP) is 1.96. The van der Waals surface area contributed by atoms with E-state index in [0.717, 1.165) is 26.2 Å². The minimum absolute atomic E-state index is 0.249. The lowest BCUT2D eigenvalue weighted by atomic mass is 10.1. The minimum Gasteiger partial charge on any atom is -0.337 e. The van der Waals surface area contributed by atoms with E-state index < -0.39 is 0 Å². The first-order valence-corrected chi connectivity index (χ1v) is 8.13. The Morgan fingerprint density at radius 1 is 1.04 bits per heavy atom. The molecule has 5 nitrogen and oxygen atoms in total. The largest absolute Gasteiger partial charge is 0.337 e. The quantitative estimate of drug-likeness (QED) is 0.867. The molecule has 1 saturated heterocycles. The maximum atomic E-state index is 12.4. The normalized spacial score (nSPS) is 16.6. The van der Waals surface area contributed by atoms with Gasteiger partial charge in [-0.15, -0.1) is 0 Å². The Hall–Kier alpha value is -2.14. The summed E-state index contributed by atoms with van der Waals surface area (Å²) < 4.78 is 1.82. The summed E-state index contributed by atoms with van der Waals surface area (Å²) in [6.07, 6.45) is 4.53. The second-order valence-electron chi connectivity index (χ2n) is 6.35. The van der Waals surface area contributed by atoms with Gasteiger partial charge in [-0.25, -0.2) is 0 Å². The van der Waals surface area contributed by atoms with Gasteiger partial charge in [0.25, 0.3) is 0 Å². The minimum atomic E-state index is 0.249. The van der Waals surface area contributed by atoms with E-state index >= 15 is 0 Å². The number of aryl methyl sites for hydroxylation is 2. The Morgan fingerprint density at radius 2 is 1.83 bits per heavy atom. The van der Waals surface area contributed by atoms with Gasteiger partial charge in [0.1, 0.15) is 0 Å². The average Bonchev–Trinajstić information content (AvgIpc) is 2.87. The Bertz CT molecular complexity index is 662. The van der Waals surface area contributed by atoms with E-state index in [2.05, 4.69) is 41.2 Å². The van der Waals surface area contributed by atoms with Gasteiger partial charge in [-0.2, -0.15) is 5.10 Å². The Labute approximate surface area is 137 Å². The fourth-order valence-electron chi connectivity index (χ4n) is 2.96. The van der Waals surface area contributed by atoms with Crippen LogP contribution in [0.4, 0.5) is 0 Å². The number of carbonyl (C=O) groups is 1. The lowest BCUT2D eigenvalue weighted by Crippen LogP contribution is -2.32. The van der Waals surface area contributed by atoms with Crippen LogP contribution in [0, 0.1) is 6.92 Å². The highest BCUT2D eigenvalue weighted by atomic mass is 16.2. The summed E-state index contributed by atoms with van der Waals surface area (Å²) >= 11 is 0. The van der Waals surface area contributed by atoms with Crippen molar-refractivity contribution in [2.45, 2.75) is 26.4 Å². The van der Waals surface area contributed by atoms with Crippen molar-refractivity contribution in [3.05, 3.63) is 53.3 Å². The van der Waals surface area contributed by atoms with E-state index in [9.17, 15) is 4.79 Å². The topological polar surface area (TPSA) is 41.4 Å². The molecule has 2 heterocycles. The Balaban J connectivity index is 1.59. The number of hydrogen-bond donors (Lipinski definition) is 0. The number of aromatic nitrogens is 2. The molecule has 0 atom stereocenters. The molecule has 1 aliphatic rings. The van der Waals surface area contributed by atoms with Crippen LogP contribution < -0.4 is 0 Å². The highest BCUT2D eigenvalue weighted by molar-refractivity contribution is 5.76. The van der Waals surface area contributed by atoms with Crippen molar-refractivity contribution >= 4 is 5.91 Å². The summed E-state index contributed by atoms with van der Waals surface area (Å²) in [5.74, 6) is 0.249. The van der Waals surface area contributed by atoms with Crippen LogP contribution in [0.25, 0.3) is 0 Å². The summed E-state index contributed by atoms with van der Waals surface area (Å²) in [4.78, 5) is 16.7. The molecule has 0 saturated carbocycles. The zero-order valence-electron chi connectivity index (χ0n) is 13.9. The third-order valence-corrected chi connectivity index (χ3v) is 4.34. The van der Waals surface area contributed by atoms with Gasteiger partial charge in [0.2, 0.25) is 5.91 Å². The van der Waals surface area contributed by atoms with Crippen molar-refractivity contribution in [3.8, 4) is 0 Å². The first-order valence-electron chi connectivity index (χ1n) is 8.13. The van der Waals surface area contributed by atoms with Gasteiger partial charge in [-0.05, 0) is 12.5 Å². The van der Waals surface area contributed by atoms with Gasteiger partial charge in [0.05, 0.1) is 6.20 Å². The summed E-state index contributed by atoms with van der Waals surface area (Å²) in [5.41, 5.74) is 3.65. The van der Waals surface area contributed by atoms with Gasteiger partial charge in [0, 0.05) is 58.0 Å². The maximum absolute atomic E-state index is 12.4. The van der Waals surface area contributed by atoms with E-state index in [0.29, 0.717) is 13.0 Å². The second-order valence-corrected chi connectivity index (χ2v) is 6.35. The summed E-state index contributed by atoms with van der Waals surface area (Å²) in [6, 6.07) is 8.43. The molecule has 3 rings (SSSR count). The van der Waals surface area contributed by atoms with Gasteiger partial charge >= 0.3 is 0 Å². The van der Waals surface area contributed by atoms with E-state index in [1.54, 1.807) is 0 Å². The number of amides is 1. The standard InChI is InChI=1S/C18H24N4O/c1-15-3-5-16(6-4-15)14-22-10-9-21(8-7-18(22)23)13-17-11-19-20(2)12-17/h3-6,11-12H,7-10,13-14H2,1-2H3. The van der Waals surface area contributed by atoms with Crippen molar-refractivity contribution in [1.82, 2.24) is 19.6 Å². The maximum Gasteiger partial charge on any atom is 0.224 e. The van der Waals surface area contributed by atoms with Crippen molar-refractivity contribution in [1.29, 1.82) is 0 Å². The molecule has 0 aliphatic carbocycles. The molecule has 0 N–H and O–H groups in total. The molecule has 1 aromatic carbocycles. The summed E-state index contributed by atoms with van der Waals surface area (Å²) in [6.45, 7) is 6.16. The fourth-order valence-corrected chi connectivity index (χ4v) is 2.96. The highest BCUT2D eigenvalue weighted by Crippen LogP contribution is 2.13. The smallest absolute Gasteiger partial charge is 0.224 e. The lowest BCUT2D eigenvalue weighted by Gasteiger charge is -2.22. The highest BCUT2D eigenvalue weighted by Gasteiger charge is 2.21. The average molecular weight is 312 g/mol. The molecular weight excluding hydrogens is 288 g/mol. The van der Waals surface area contributed by atoms with Crippen LogP contribution in [-0.4, -0.2) is 45.1 Å². The number of hydrogen-bond acceptors (Lipinski definition) is 3. The predicted molar refractivity (Wildman–Crippen MR) is 89.7 cm³/mol. The van der Waals surface area contributed by atoms with Crippen LogP contribution in [0.3, 0.4) is 0 Å². The van der Waals surface area contributed by atoms with Gasteiger partial charge in [-0.3, -0.25) is 14.4 Å². The van der Waals surface area contributed by atoms with Crippen LogP contribution in [0.1, 0.15) is 23.1 Å².